The normalized spacial score (nSPS) is 10.2. The summed E-state index contributed by atoms with van der Waals surface area (Å²) in [7, 11) is 0. The Bertz CT molecular complexity index is 426. The molecule has 0 aromatic heterocycles. The zero-order chi connectivity index (χ0) is 12.3. The van der Waals surface area contributed by atoms with E-state index in [-0.39, 0.29) is 11.8 Å². The minimum absolute atomic E-state index is 0.267. The van der Waals surface area contributed by atoms with Gasteiger partial charge in [-0.3, -0.25) is 0 Å². The molecule has 0 aliphatic rings. The van der Waals surface area contributed by atoms with Crippen molar-refractivity contribution in [2.45, 2.75) is 39.5 Å². The molecule has 0 aliphatic carbocycles. The van der Waals surface area contributed by atoms with Crippen LogP contribution in [0.2, 0.25) is 0 Å². The Labute approximate surface area is 97.1 Å². The molecule has 0 saturated heterocycles. The summed E-state index contributed by atoms with van der Waals surface area (Å²) in [5.41, 5.74) is 3.01. The third-order valence-electron chi connectivity index (χ3n) is 2.74. The summed E-state index contributed by atoms with van der Waals surface area (Å²) in [5.74, 6) is 0.533. The Morgan fingerprint density at radius 3 is 1.31 bits per heavy atom. The average molecular weight is 212 g/mol. The first kappa shape index (κ1) is 12.3. The predicted octanol–water partition coefficient (Wildman–Crippen LogP) is 3.68. The molecular formula is C14H16N2. The van der Waals surface area contributed by atoms with Crippen molar-refractivity contribution in [1.82, 2.24) is 0 Å². The first-order chi connectivity index (χ1) is 7.52. The highest BCUT2D eigenvalue weighted by Gasteiger charge is 2.16. The van der Waals surface area contributed by atoms with Gasteiger partial charge in [0.05, 0.1) is 11.1 Å². The van der Waals surface area contributed by atoms with E-state index in [0.29, 0.717) is 11.1 Å². The molecule has 2 heteroatoms. The topological polar surface area (TPSA) is 47.6 Å². The van der Waals surface area contributed by atoms with Crippen LogP contribution in [-0.4, -0.2) is 0 Å². The van der Waals surface area contributed by atoms with Gasteiger partial charge in [0.15, 0.2) is 0 Å². The van der Waals surface area contributed by atoms with Crippen molar-refractivity contribution in [3.05, 3.63) is 34.4 Å². The number of rotatable bonds is 2. The van der Waals surface area contributed by atoms with Crippen LogP contribution in [0.15, 0.2) is 12.1 Å². The van der Waals surface area contributed by atoms with Crippen molar-refractivity contribution in [2.24, 2.45) is 0 Å². The molecule has 0 radical (unpaired) electrons. The molecule has 1 aromatic rings. The van der Waals surface area contributed by atoms with E-state index in [2.05, 4.69) is 12.1 Å². The van der Waals surface area contributed by atoms with Crippen LogP contribution in [0.1, 0.15) is 61.8 Å². The summed E-state index contributed by atoms with van der Waals surface area (Å²) in [6.07, 6.45) is 0. The molecule has 0 heterocycles. The molecule has 0 spiro atoms. The second-order valence-electron chi connectivity index (χ2n) is 4.53. The molecule has 1 aromatic carbocycles. The maximum absolute atomic E-state index is 9.18. The predicted molar refractivity (Wildman–Crippen MR) is 64.1 cm³/mol. The first-order valence-corrected chi connectivity index (χ1v) is 5.49. The molecule has 0 unspecified atom stereocenters. The van der Waals surface area contributed by atoms with Crippen LogP contribution >= 0.6 is 0 Å². The zero-order valence-electron chi connectivity index (χ0n) is 10.2. The van der Waals surface area contributed by atoms with E-state index in [1.54, 1.807) is 0 Å². The van der Waals surface area contributed by atoms with Crippen molar-refractivity contribution >= 4 is 0 Å². The monoisotopic (exact) mass is 212 g/mol. The molecule has 0 N–H and O–H groups in total. The minimum Gasteiger partial charge on any atom is -0.192 e. The van der Waals surface area contributed by atoms with E-state index in [1.807, 2.05) is 39.8 Å². The lowest BCUT2D eigenvalue weighted by Gasteiger charge is -2.14. The van der Waals surface area contributed by atoms with Gasteiger partial charge in [0.2, 0.25) is 0 Å². The number of nitrogens with zero attached hydrogens (tertiary/aromatic N) is 2. The van der Waals surface area contributed by atoms with Crippen LogP contribution in [0.5, 0.6) is 0 Å². The van der Waals surface area contributed by atoms with E-state index in [1.165, 1.54) is 0 Å². The van der Waals surface area contributed by atoms with Crippen molar-refractivity contribution < 1.29 is 0 Å². The minimum atomic E-state index is 0.267. The molecule has 0 saturated carbocycles. The highest BCUT2D eigenvalue weighted by atomic mass is 14.3. The van der Waals surface area contributed by atoms with Gasteiger partial charge in [0, 0.05) is 0 Å². The molecule has 16 heavy (non-hydrogen) atoms. The summed E-state index contributed by atoms with van der Waals surface area (Å²) >= 11 is 0. The third kappa shape index (κ3) is 2.07. The lowest BCUT2D eigenvalue weighted by Crippen LogP contribution is -2.02. The summed E-state index contributed by atoms with van der Waals surface area (Å²) in [6.45, 7) is 8.14. The van der Waals surface area contributed by atoms with Crippen molar-refractivity contribution in [3.8, 4) is 12.1 Å². The van der Waals surface area contributed by atoms with Gasteiger partial charge < -0.3 is 0 Å². The largest absolute Gasteiger partial charge is 0.192 e. The number of hydrogen-bond donors (Lipinski definition) is 0. The lowest BCUT2D eigenvalue weighted by molar-refractivity contribution is 0.837. The highest BCUT2D eigenvalue weighted by molar-refractivity contribution is 5.56. The van der Waals surface area contributed by atoms with Crippen LogP contribution in [0.4, 0.5) is 0 Å². The average Bonchev–Trinajstić information content (AvgIpc) is 2.26. The van der Waals surface area contributed by atoms with Gasteiger partial charge in [-0.05, 0) is 23.0 Å². The summed E-state index contributed by atoms with van der Waals surface area (Å²) in [6, 6.07) is 8.28. The molecule has 0 bridgehead atoms. The fraction of sp³-hybridized carbons (Fsp3) is 0.429. The Hall–Kier alpha value is -1.80. The molecule has 0 fully saturated rings. The molecule has 0 atom stereocenters. The maximum atomic E-state index is 9.18. The third-order valence-corrected chi connectivity index (χ3v) is 2.74. The molecule has 82 valence electrons. The number of hydrogen-bond acceptors (Lipinski definition) is 2. The van der Waals surface area contributed by atoms with E-state index in [4.69, 9.17) is 0 Å². The van der Waals surface area contributed by atoms with Crippen LogP contribution in [-0.2, 0) is 0 Å². The number of nitriles is 2. The second-order valence-corrected chi connectivity index (χ2v) is 4.53. The zero-order valence-corrected chi connectivity index (χ0v) is 10.2. The Kier molecular flexibility index (Phi) is 3.69. The summed E-state index contributed by atoms with van der Waals surface area (Å²) in [4.78, 5) is 0. The SMILES string of the molecule is CC(C)c1ccc(C(C)C)c(C#N)c1C#N. The van der Waals surface area contributed by atoms with E-state index in [9.17, 15) is 10.5 Å². The Morgan fingerprint density at radius 1 is 0.812 bits per heavy atom. The quantitative estimate of drug-likeness (QED) is 0.750. The van der Waals surface area contributed by atoms with Crippen LogP contribution < -0.4 is 0 Å². The van der Waals surface area contributed by atoms with Gasteiger partial charge >= 0.3 is 0 Å². The molecular weight excluding hydrogens is 196 g/mol. The van der Waals surface area contributed by atoms with Crippen molar-refractivity contribution in [3.63, 3.8) is 0 Å². The first-order valence-electron chi connectivity index (χ1n) is 5.49. The van der Waals surface area contributed by atoms with Gasteiger partial charge in [-0.2, -0.15) is 10.5 Å². The van der Waals surface area contributed by atoms with Crippen LogP contribution in [0.3, 0.4) is 0 Å². The smallest absolute Gasteiger partial charge is 0.101 e. The number of benzene rings is 1. The van der Waals surface area contributed by atoms with E-state index >= 15 is 0 Å². The maximum Gasteiger partial charge on any atom is 0.101 e. The summed E-state index contributed by atoms with van der Waals surface area (Å²) < 4.78 is 0. The Balaban J connectivity index is 3.56. The van der Waals surface area contributed by atoms with Crippen LogP contribution in [0.25, 0.3) is 0 Å². The Morgan fingerprint density at radius 2 is 1.12 bits per heavy atom. The van der Waals surface area contributed by atoms with Crippen molar-refractivity contribution in [2.75, 3.05) is 0 Å². The molecule has 1 rings (SSSR count). The fourth-order valence-corrected chi connectivity index (χ4v) is 1.84. The van der Waals surface area contributed by atoms with Gasteiger partial charge in [-0.25, -0.2) is 0 Å². The lowest BCUT2D eigenvalue weighted by atomic mass is 9.88. The molecule has 2 nitrogen and oxygen atoms in total. The van der Waals surface area contributed by atoms with Crippen molar-refractivity contribution in [1.29, 1.82) is 10.5 Å². The molecule has 0 aliphatic heterocycles. The summed E-state index contributed by atoms with van der Waals surface area (Å²) in [5, 5.41) is 18.4. The van der Waals surface area contributed by atoms with Crippen LogP contribution in [0, 0.1) is 22.7 Å². The van der Waals surface area contributed by atoms with Gasteiger partial charge in [-0.15, -0.1) is 0 Å². The second kappa shape index (κ2) is 4.81. The standard InChI is InChI=1S/C14H16N2/c1-9(2)11-5-6-12(10(3)4)14(8-16)13(11)7-15/h5-6,9-10H,1-4H3. The van der Waals surface area contributed by atoms with E-state index in [0.717, 1.165) is 11.1 Å². The fourth-order valence-electron chi connectivity index (χ4n) is 1.84. The van der Waals surface area contributed by atoms with E-state index < -0.39 is 0 Å². The van der Waals surface area contributed by atoms with Gasteiger partial charge in [-0.1, -0.05) is 39.8 Å². The highest BCUT2D eigenvalue weighted by Crippen LogP contribution is 2.28. The van der Waals surface area contributed by atoms with Gasteiger partial charge in [0.25, 0.3) is 0 Å². The van der Waals surface area contributed by atoms with Gasteiger partial charge in [0.1, 0.15) is 12.1 Å². The molecule has 0 amide bonds.